The van der Waals surface area contributed by atoms with Crippen molar-refractivity contribution in [3.63, 3.8) is 0 Å². The van der Waals surface area contributed by atoms with Crippen molar-refractivity contribution in [1.82, 2.24) is 15.0 Å². The van der Waals surface area contributed by atoms with Gasteiger partial charge in [-0.25, -0.2) is 0 Å². The van der Waals surface area contributed by atoms with Gasteiger partial charge in [-0.3, -0.25) is 15.0 Å². The molecule has 5 heteroatoms. The van der Waals surface area contributed by atoms with E-state index in [1.54, 1.807) is 0 Å². The van der Waals surface area contributed by atoms with Gasteiger partial charge in [0.1, 0.15) is 0 Å². The highest BCUT2D eigenvalue weighted by Gasteiger charge is 2.33. The highest BCUT2D eigenvalue weighted by molar-refractivity contribution is 6.31. The molecule has 4 heterocycles. The van der Waals surface area contributed by atoms with Crippen molar-refractivity contribution in [2.75, 3.05) is 0 Å². The van der Waals surface area contributed by atoms with Gasteiger partial charge in [-0.15, -0.1) is 0 Å². The van der Waals surface area contributed by atoms with Crippen molar-refractivity contribution in [2.45, 2.75) is 26.7 Å². The summed E-state index contributed by atoms with van der Waals surface area (Å²) in [6.07, 6.45) is 3.67. The highest BCUT2D eigenvalue weighted by Crippen LogP contribution is 2.47. The Morgan fingerprint density at radius 1 is 0.871 bits per heavy atom. The van der Waals surface area contributed by atoms with Crippen LogP contribution in [0.25, 0.3) is 32.7 Å². The molecule has 31 heavy (non-hydrogen) atoms. The van der Waals surface area contributed by atoms with Crippen LogP contribution in [0.1, 0.15) is 36.6 Å². The molecule has 1 N–H and O–H groups in total. The molecule has 0 bridgehead atoms. The molecule has 152 valence electrons. The average Bonchev–Trinajstić information content (AvgIpc) is 3.10. The van der Waals surface area contributed by atoms with Crippen molar-refractivity contribution < 1.29 is 0 Å². The summed E-state index contributed by atoms with van der Waals surface area (Å²) in [6.45, 7) is 6.68. The summed E-state index contributed by atoms with van der Waals surface area (Å²) in [5.74, 6) is 0.518. The van der Waals surface area contributed by atoms with E-state index in [4.69, 9.17) is 16.6 Å². The lowest BCUT2D eigenvalue weighted by molar-refractivity contribution is 0.620. The van der Waals surface area contributed by atoms with Gasteiger partial charge in [0.2, 0.25) is 0 Å². The maximum absolute atomic E-state index is 6.36. The molecule has 0 spiro atoms. The van der Waals surface area contributed by atoms with Crippen molar-refractivity contribution in [3.8, 4) is 0 Å². The molecule has 2 unspecified atom stereocenters. The highest BCUT2D eigenvalue weighted by atomic mass is 35.5. The summed E-state index contributed by atoms with van der Waals surface area (Å²) in [5, 5.41) is 4.05. The first-order chi connectivity index (χ1) is 15.0. The van der Waals surface area contributed by atoms with Gasteiger partial charge in [0.25, 0.3) is 0 Å². The second-order valence-electron chi connectivity index (χ2n) is 8.45. The fourth-order valence-electron chi connectivity index (χ4n) is 5.07. The van der Waals surface area contributed by atoms with Gasteiger partial charge in [-0.05, 0) is 54.8 Å². The van der Waals surface area contributed by atoms with E-state index in [1.165, 1.54) is 5.56 Å². The van der Waals surface area contributed by atoms with Crippen molar-refractivity contribution in [3.05, 3.63) is 76.7 Å². The van der Waals surface area contributed by atoms with E-state index in [9.17, 15) is 0 Å². The number of fused-ring (bicyclic) bond motifs is 7. The number of nitrogens with one attached hydrogen (secondary N) is 1. The minimum Gasteiger partial charge on any atom is -0.358 e. The van der Waals surface area contributed by atoms with Crippen LogP contribution in [0.3, 0.4) is 0 Å². The lowest BCUT2D eigenvalue weighted by atomic mass is 9.77. The van der Waals surface area contributed by atoms with E-state index in [1.807, 2.05) is 42.7 Å². The third kappa shape index (κ3) is 2.58. The molecule has 5 aromatic rings. The molecule has 0 amide bonds. The molecule has 0 aliphatic carbocycles. The molecule has 0 saturated carbocycles. The number of halogens is 1. The molecule has 1 aliphatic heterocycles. The quantitative estimate of drug-likeness (QED) is 0.292. The van der Waals surface area contributed by atoms with Gasteiger partial charge < -0.3 is 4.98 Å². The third-order valence-corrected chi connectivity index (χ3v) is 6.95. The first-order valence-corrected chi connectivity index (χ1v) is 10.9. The lowest BCUT2D eigenvalue weighted by Crippen LogP contribution is -2.23. The molecule has 2 aromatic carbocycles. The number of hydrogen-bond donors (Lipinski definition) is 1. The Bertz CT molecular complexity index is 1550. The maximum atomic E-state index is 6.36. The van der Waals surface area contributed by atoms with Crippen LogP contribution < -0.4 is 0 Å². The lowest BCUT2D eigenvalue weighted by Gasteiger charge is -2.30. The van der Waals surface area contributed by atoms with Crippen LogP contribution in [-0.2, 0) is 0 Å². The fraction of sp³-hybridized carbons (Fsp3) is 0.192. The molecular formula is C26H21ClN4. The van der Waals surface area contributed by atoms with Gasteiger partial charge in [0, 0.05) is 56.3 Å². The van der Waals surface area contributed by atoms with Gasteiger partial charge in [0.15, 0.2) is 0 Å². The number of aliphatic imine (C=N–C) groups is 1. The largest absolute Gasteiger partial charge is 0.358 e. The average molecular weight is 425 g/mol. The first-order valence-electron chi connectivity index (χ1n) is 10.6. The van der Waals surface area contributed by atoms with Gasteiger partial charge in [-0.2, -0.15) is 0 Å². The van der Waals surface area contributed by atoms with E-state index in [-0.39, 0.29) is 11.8 Å². The molecule has 3 aromatic heterocycles. The Hall–Kier alpha value is -3.24. The number of aromatic nitrogens is 3. The number of pyridine rings is 2. The fourth-order valence-corrected chi connectivity index (χ4v) is 5.24. The predicted molar refractivity (Wildman–Crippen MR) is 129 cm³/mol. The van der Waals surface area contributed by atoms with Crippen LogP contribution in [0, 0.1) is 12.8 Å². The van der Waals surface area contributed by atoms with E-state index in [2.05, 4.69) is 47.9 Å². The van der Waals surface area contributed by atoms with Gasteiger partial charge in [-0.1, -0.05) is 31.5 Å². The van der Waals surface area contributed by atoms with Crippen LogP contribution in [0.15, 0.2) is 59.9 Å². The van der Waals surface area contributed by atoms with Crippen LogP contribution in [0.4, 0.5) is 5.69 Å². The summed E-state index contributed by atoms with van der Waals surface area (Å²) in [7, 11) is 0. The standard InChI is InChI=1S/C26H21ClN4/c1-13-14(2)23(22-15(3)30-20-9-8-16(27)12-19(20)22)31-24-18-7-5-11-29-26(18)25-17(21(13)24)6-4-10-28-25/h4-14,30H,1-3H3. The monoisotopic (exact) mass is 424 g/mol. The minimum atomic E-state index is 0.238. The van der Waals surface area contributed by atoms with Crippen molar-refractivity contribution >= 4 is 55.7 Å². The Balaban J connectivity index is 1.75. The van der Waals surface area contributed by atoms with Crippen LogP contribution in [-0.4, -0.2) is 20.7 Å². The van der Waals surface area contributed by atoms with E-state index in [0.717, 1.165) is 60.4 Å². The van der Waals surface area contributed by atoms with Crippen molar-refractivity contribution in [1.29, 1.82) is 0 Å². The predicted octanol–water partition coefficient (Wildman–Crippen LogP) is 7.10. The smallest absolute Gasteiger partial charge is 0.0986 e. The number of benzene rings is 2. The number of rotatable bonds is 1. The minimum absolute atomic E-state index is 0.238. The number of nitrogens with zero attached hydrogens (tertiary/aromatic N) is 3. The number of aryl methyl sites for hydroxylation is 1. The number of hydrogen-bond acceptors (Lipinski definition) is 3. The molecule has 6 rings (SSSR count). The van der Waals surface area contributed by atoms with E-state index >= 15 is 0 Å². The molecule has 0 fully saturated rings. The maximum Gasteiger partial charge on any atom is 0.0986 e. The molecular weight excluding hydrogens is 404 g/mol. The second-order valence-corrected chi connectivity index (χ2v) is 8.89. The zero-order valence-electron chi connectivity index (χ0n) is 17.6. The molecule has 1 aliphatic rings. The zero-order valence-corrected chi connectivity index (χ0v) is 18.3. The number of aromatic amines is 1. The topological polar surface area (TPSA) is 53.9 Å². The summed E-state index contributed by atoms with van der Waals surface area (Å²) in [6, 6.07) is 14.2. The SMILES string of the molecule is Cc1[nH]c2ccc(Cl)cc2c1C1=Nc2c(c3cccnc3c3ncccc23)C(C)C1C. The molecule has 0 radical (unpaired) electrons. The first kappa shape index (κ1) is 18.5. The van der Waals surface area contributed by atoms with Crippen LogP contribution >= 0.6 is 11.6 Å². The summed E-state index contributed by atoms with van der Waals surface area (Å²) in [4.78, 5) is 18.2. The normalized spacial score (nSPS) is 18.5. The molecule has 4 nitrogen and oxygen atoms in total. The van der Waals surface area contributed by atoms with Gasteiger partial charge >= 0.3 is 0 Å². The Morgan fingerprint density at radius 2 is 1.58 bits per heavy atom. The zero-order chi connectivity index (χ0) is 21.3. The summed E-state index contributed by atoms with van der Waals surface area (Å²) in [5.41, 5.74) is 8.58. The number of H-pyrrole nitrogens is 1. The van der Waals surface area contributed by atoms with E-state index in [0.29, 0.717) is 0 Å². The second kappa shape index (κ2) is 6.63. The molecule has 0 saturated heterocycles. The third-order valence-electron chi connectivity index (χ3n) is 6.71. The Labute approximate surface area is 185 Å². The van der Waals surface area contributed by atoms with Crippen LogP contribution in [0.5, 0.6) is 0 Å². The Kier molecular flexibility index (Phi) is 3.96. The van der Waals surface area contributed by atoms with E-state index < -0.39 is 0 Å². The van der Waals surface area contributed by atoms with Crippen LogP contribution in [0.2, 0.25) is 5.02 Å². The Morgan fingerprint density at radius 3 is 2.35 bits per heavy atom. The molecule has 2 atom stereocenters. The summed E-state index contributed by atoms with van der Waals surface area (Å²) >= 11 is 6.36. The van der Waals surface area contributed by atoms with Crippen molar-refractivity contribution in [2.24, 2.45) is 10.9 Å². The summed E-state index contributed by atoms with van der Waals surface area (Å²) < 4.78 is 0. The van der Waals surface area contributed by atoms with Gasteiger partial charge in [0.05, 0.1) is 22.4 Å².